The molecule has 1 atom stereocenters. The van der Waals surface area contributed by atoms with Crippen molar-refractivity contribution in [1.82, 2.24) is 4.90 Å². The summed E-state index contributed by atoms with van der Waals surface area (Å²) >= 11 is 3.40. The van der Waals surface area contributed by atoms with E-state index in [0.29, 0.717) is 25.3 Å². The van der Waals surface area contributed by atoms with Gasteiger partial charge in [0.2, 0.25) is 0 Å². The number of benzene rings is 2. The number of para-hydroxylation sites is 2. The van der Waals surface area contributed by atoms with Gasteiger partial charge in [0.25, 0.3) is 5.91 Å². The van der Waals surface area contributed by atoms with Crippen LogP contribution in [0.3, 0.4) is 0 Å². The highest BCUT2D eigenvalue weighted by Gasteiger charge is 2.25. The number of nitrogens with zero attached hydrogens (tertiary/aromatic N) is 1. The van der Waals surface area contributed by atoms with Gasteiger partial charge in [-0.2, -0.15) is 0 Å². The third kappa shape index (κ3) is 3.90. The lowest BCUT2D eigenvalue weighted by atomic mass is 10.1. The Kier molecular flexibility index (Phi) is 5.41. The molecule has 0 saturated carbocycles. The fourth-order valence-electron chi connectivity index (χ4n) is 2.72. The predicted octanol–water partition coefficient (Wildman–Crippen LogP) is 4.14. The number of ether oxygens (including phenoxy) is 2. The Hall–Kier alpha value is -2.01. The molecule has 1 unspecified atom stereocenters. The number of carbonyl (C=O) groups is 1. The summed E-state index contributed by atoms with van der Waals surface area (Å²) in [6, 6.07) is 15.1. The number of carbonyl (C=O) groups excluding carboxylic acids is 1. The van der Waals surface area contributed by atoms with Crippen LogP contribution in [-0.4, -0.2) is 36.6 Å². The number of halogens is 1. The molecule has 1 aliphatic rings. The molecule has 24 heavy (non-hydrogen) atoms. The van der Waals surface area contributed by atoms with Crippen LogP contribution < -0.4 is 9.47 Å². The molecular formula is C19H20BrNO3. The van der Waals surface area contributed by atoms with Crippen LogP contribution in [-0.2, 0) is 0 Å². The second kappa shape index (κ2) is 7.71. The monoisotopic (exact) mass is 389 g/mol. The molecule has 1 amide bonds. The van der Waals surface area contributed by atoms with E-state index in [-0.39, 0.29) is 12.0 Å². The van der Waals surface area contributed by atoms with Crippen LogP contribution >= 0.6 is 15.9 Å². The molecule has 0 spiro atoms. The van der Waals surface area contributed by atoms with Gasteiger partial charge in [0.15, 0.2) is 17.6 Å². The fourth-order valence-corrected chi connectivity index (χ4v) is 2.98. The molecule has 4 nitrogen and oxygen atoms in total. The standard InChI is InChI=1S/C19H20BrNO3/c1-2-11-21(19(22)14-7-9-15(20)10-8-14)12-16-13-23-17-5-3-4-6-18(17)24-16/h3-10,16H,2,11-13H2,1H3. The van der Waals surface area contributed by atoms with Gasteiger partial charge in [-0.3, -0.25) is 4.79 Å². The van der Waals surface area contributed by atoms with E-state index >= 15 is 0 Å². The van der Waals surface area contributed by atoms with Crippen molar-refractivity contribution < 1.29 is 14.3 Å². The van der Waals surface area contributed by atoms with Gasteiger partial charge in [0, 0.05) is 16.6 Å². The molecular weight excluding hydrogens is 370 g/mol. The van der Waals surface area contributed by atoms with Gasteiger partial charge in [0.05, 0.1) is 6.54 Å². The summed E-state index contributed by atoms with van der Waals surface area (Å²) < 4.78 is 12.7. The Morgan fingerprint density at radius 3 is 2.58 bits per heavy atom. The Bertz CT molecular complexity index is 702. The van der Waals surface area contributed by atoms with Crippen molar-refractivity contribution in [2.75, 3.05) is 19.7 Å². The predicted molar refractivity (Wildman–Crippen MR) is 96.7 cm³/mol. The highest BCUT2D eigenvalue weighted by atomic mass is 79.9. The zero-order valence-electron chi connectivity index (χ0n) is 13.6. The van der Waals surface area contributed by atoms with Crippen LogP contribution in [0.5, 0.6) is 11.5 Å². The molecule has 1 aliphatic heterocycles. The first-order valence-electron chi connectivity index (χ1n) is 8.10. The molecule has 5 heteroatoms. The maximum Gasteiger partial charge on any atom is 0.253 e. The lowest BCUT2D eigenvalue weighted by Gasteiger charge is -2.31. The highest BCUT2D eigenvalue weighted by Crippen LogP contribution is 2.31. The lowest BCUT2D eigenvalue weighted by molar-refractivity contribution is 0.0462. The van der Waals surface area contributed by atoms with E-state index < -0.39 is 0 Å². The van der Waals surface area contributed by atoms with Crippen LogP contribution in [0.4, 0.5) is 0 Å². The molecule has 0 fully saturated rings. The van der Waals surface area contributed by atoms with Crippen LogP contribution in [0.25, 0.3) is 0 Å². The van der Waals surface area contributed by atoms with Crippen molar-refractivity contribution in [3.63, 3.8) is 0 Å². The van der Waals surface area contributed by atoms with E-state index in [1.807, 2.05) is 53.4 Å². The van der Waals surface area contributed by atoms with Gasteiger partial charge in [0.1, 0.15) is 6.61 Å². The van der Waals surface area contributed by atoms with Crippen molar-refractivity contribution in [3.8, 4) is 11.5 Å². The normalized spacial score (nSPS) is 15.8. The molecule has 0 bridgehead atoms. The number of fused-ring (bicyclic) bond motifs is 1. The largest absolute Gasteiger partial charge is 0.486 e. The summed E-state index contributed by atoms with van der Waals surface area (Å²) in [7, 11) is 0. The summed E-state index contributed by atoms with van der Waals surface area (Å²) in [6.45, 7) is 3.72. The molecule has 126 valence electrons. The van der Waals surface area contributed by atoms with E-state index in [0.717, 1.165) is 22.4 Å². The summed E-state index contributed by atoms with van der Waals surface area (Å²) in [5.74, 6) is 1.52. The molecule has 0 aliphatic carbocycles. The van der Waals surface area contributed by atoms with Crippen LogP contribution in [0.15, 0.2) is 53.0 Å². The average Bonchev–Trinajstić information content (AvgIpc) is 2.61. The second-order valence-corrected chi connectivity index (χ2v) is 6.67. The Labute approximate surface area is 150 Å². The minimum Gasteiger partial charge on any atom is -0.486 e. The number of hydrogen-bond donors (Lipinski definition) is 0. The molecule has 1 heterocycles. The van der Waals surface area contributed by atoms with Crippen molar-refractivity contribution in [3.05, 3.63) is 58.6 Å². The summed E-state index contributed by atoms with van der Waals surface area (Å²) in [5, 5.41) is 0. The quantitative estimate of drug-likeness (QED) is 0.770. The van der Waals surface area contributed by atoms with E-state index in [1.54, 1.807) is 0 Å². The van der Waals surface area contributed by atoms with Gasteiger partial charge in [-0.15, -0.1) is 0 Å². The molecule has 0 aromatic heterocycles. The average molecular weight is 390 g/mol. The lowest BCUT2D eigenvalue weighted by Crippen LogP contribution is -2.44. The molecule has 0 radical (unpaired) electrons. The minimum atomic E-state index is -0.161. The third-order valence-electron chi connectivity index (χ3n) is 3.86. The van der Waals surface area contributed by atoms with E-state index in [2.05, 4.69) is 22.9 Å². The highest BCUT2D eigenvalue weighted by molar-refractivity contribution is 9.10. The molecule has 2 aromatic rings. The zero-order valence-corrected chi connectivity index (χ0v) is 15.2. The molecule has 0 N–H and O–H groups in total. The van der Waals surface area contributed by atoms with Crippen molar-refractivity contribution in [2.45, 2.75) is 19.4 Å². The zero-order chi connectivity index (χ0) is 16.9. The van der Waals surface area contributed by atoms with E-state index in [4.69, 9.17) is 9.47 Å². The second-order valence-electron chi connectivity index (χ2n) is 5.76. The Balaban J connectivity index is 1.70. The van der Waals surface area contributed by atoms with Crippen LogP contribution in [0, 0.1) is 0 Å². The summed E-state index contributed by atoms with van der Waals surface area (Å²) in [6.07, 6.45) is 0.734. The Morgan fingerprint density at radius 2 is 1.88 bits per heavy atom. The smallest absolute Gasteiger partial charge is 0.253 e. The number of hydrogen-bond acceptors (Lipinski definition) is 3. The van der Waals surface area contributed by atoms with E-state index in [9.17, 15) is 4.79 Å². The van der Waals surface area contributed by atoms with Crippen LogP contribution in [0.1, 0.15) is 23.7 Å². The van der Waals surface area contributed by atoms with Crippen molar-refractivity contribution >= 4 is 21.8 Å². The first-order chi connectivity index (χ1) is 11.7. The number of rotatable bonds is 5. The van der Waals surface area contributed by atoms with Gasteiger partial charge in [-0.05, 0) is 42.8 Å². The maximum absolute atomic E-state index is 12.8. The minimum absolute atomic E-state index is 0.0202. The van der Waals surface area contributed by atoms with Gasteiger partial charge in [-0.25, -0.2) is 0 Å². The van der Waals surface area contributed by atoms with E-state index in [1.165, 1.54) is 0 Å². The Morgan fingerprint density at radius 1 is 1.17 bits per heavy atom. The van der Waals surface area contributed by atoms with Gasteiger partial charge in [-0.1, -0.05) is 35.0 Å². The third-order valence-corrected chi connectivity index (χ3v) is 4.39. The summed E-state index contributed by atoms with van der Waals surface area (Å²) in [4.78, 5) is 14.6. The van der Waals surface area contributed by atoms with Crippen molar-refractivity contribution in [2.24, 2.45) is 0 Å². The molecule has 3 rings (SSSR count). The SMILES string of the molecule is CCCN(CC1COc2ccccc2O1)C(=O)c1ccc(Br)cc1. The number of amides is 1. The molecule has 2 aromatic carbocycles. The first-order valence-corrected chi connectivity index (χ1v) is 8.90. The van der Waals surface area contributed by atoms with Crippen molar-refractivity contribution in [1.29, 1.82) is 0 Å². The maximum atomic E-state index is 12.8. The topological polar surface area (TPSA) is 38.8 Å². The first kappa shape index (κ1) is 16.8. The fraction of sp³-hybridized carbons (Fsp3) is 0.316. The van der Waals surface area contributed by atoms with Crippen LogP contribution in [0.2, 0.25) is 0 Å². The van der Waals surface area contributed by atoms with Gasteiger partial charge >= 0.3 is 0 Å². The molecule has 0 saturated heterocycles. The summed E-state index contributed by atoms with van der Waals surface area (Å²) in [5.41, 5.74) is 0.684. The van der Waals surface area contributed by atoms with Gasteiger partial charge < -0.3 is 14.4 Å².